The van der Waals surface area contributed by atoms with Gasteiger partial charge in [0.05, 0.1) is 11.9 Å². The van der Waals surface area contributed by atoms with Gasteiger partial charge < -0.3 is 10.6 Å². The smallest absolute Gasteiger partial charge is 0.246 e. The van der Waals surface area contributed by atoms with Crippen molar-refractivity contribution in [1.82, 2.24) is 4.90 Å². The van der Waals surface area contributed by atoms with Gasteiger partial charge in [-0.25, -0.2) is 8.42 Å². The van der Waals surface area contributed by atoms with Crippen LogP contribution in [-0.2, 0) is 19.6 Å². The van der Waals surface area contributed by atoms with Crippen LogP contribution in [0.25, 0.3) is 0 Å². The molecule has 0 aliphatic carbocycles. The van der Waals surface area contributed by atoms with Crippen molar-refractivity contribution in [2.75, 3.05) is 23.7 Å². The van der Waals surface area contributed by atoms with Gasteiger partial charge in [0.15, 0.2) is 0 Å². The number of nitrogens with zero attached hydrogens (tertiary/aromatic N) is 2. The van der Waals surface area contributed by atoms with Gasteiger partial charge in [-0.05, 0) is 56.9 Å². The molecule has 2 amide bonds. The van der Waals surface area contributed by atoms with E-state index in [1.807, 2.05) is 19.9 Å². The summed E-state index contributed by atoms with van der Waals surface area (Å²) in [6.45, 7) is 6.25. The molecule has 0 bridgehead atoms. The van der Waals surface area contributed by atoms with Gasteiger partial charge in [-0.15, -0.1) is 0 Å². The number of piperidine rings is 1. The number of amides is 2. The Kier molecular flexibility index (Phi) is 5.95. The van der Waals surface area contributed by atoms with Crippen LogP contribution in [0.15, 0.2) is 18.2 Å². The maximum Gasteiger partial charge on any atom is 0.246 e. The second kappa shape index (κ2) is 7.65. The lowest BCUT2D eigenvalue weighted by Gasteiger charge is -2.36. The Bertz CT molecular complexity index is 799. The highest BCUT2D eigenvalue weighted by atomic mass is 32.2. The monoisotopic (exact) mass is 381 g/mol. The summed E-state index contributed by atoms with van der Waals surface area (Å²) in [5.74, 6) is -0.838. The molecule has 0 spiro atoms. The number of nitrogens with two attached hydrogens (primary N) is 1. The number of hydrogen-bond acceptors (Lipinski definition) is 4. The van der Waals surface area contributed by atoms with Gasteiger partial charge in [-0.2, -0.15) is 0 Å². The summed E-state index contributed by atoms with van der Waals surface area (Å²) < 4.78 is 26.0. The molecule has 1 fully saturated rings. The Labute approximate surface area is 155 Å². The van der Waals surface area contributed by atoms with E-state index >= 15 is 0 Å². The van der Waals surface area contributed by atoms with E-state index < -0.39 is 16.1 Å². The second-order valence-electron chi connectivity index (χ2n) is 7.01. The number of rotatable bonds is 5. The maximum absolute atomic E-state index is 12.9. The molecule has 0 saturated carbocycles. The number of likely N-dealkylation sites (tertiary alicyclic amines) is 1. The van der Waals surface area contributed by atoms with Gasteiger partial charge >= 0.3 is 0 Å². The van der Waals surface area contributed by atoms with Crippen LogP contribution < -0.4 is 10.0 Å². The molecular weight excluding hydrogens is 354 g/mol. The number of carbonyl (C=O) groups is 2. The van der Waals surface area contributed by atoms with Crippen molar-refractivity contribution in [3.05, 3.63) is 29.3 Å². The first kappa shape index (κ1) is 20.2. The molecule has 7 nitrogen and oxygen atoms in total. The summed E-state index contributed by atoms with van der Waals surface area (Å²) in [5, 5.41) is 0. The average molecular weight is 381 g/mol. The van der Waals surface area contributed by atoms with Crippen LogP contribution in [0, 0.1) is 19.8 Å². The summed E-state index contributed by atoms with van der Waals surface area (Å²) in [4.78, 5) is 25.8. The molecular formula is C18H27N3O4S. The molecule has 1 aromatic carbocycles. The zero-order chi connectivity index (χ0) is 19.6. The van der Waals surface area contributed by atoms with Crippen LogP contribution in [-0.4, -0.2) is 50.5 Å². The van der Waals surface area contributed by atoms with Gasteiger partial charge in [0.25, 0.3) is 0 Å². The van der Waals surface area contributed by atoms with E-state index in [4.69, 9.17) is 5.73 Å². The standard InChI is InChI=1S/C18H27N3O4S/c1-12-5-6-16(11-13(12)2)21(26(4,24)25)14(3)18(23)20-9-7-15(8-10-20)17(19)22/h5-6,11,14-15H,7-10H2,1-4H3,(H2,19,22)/t14-/m0/s1. The molecule has 0 unspecified atom stereocenters. The van der Waals surface area contributed by atoms with Crippen LogP contribution in [0.3, 0.4) is 0 Å². The van der Waals surface area contributed by atoms with Crippen LogP contribution in [0.2, 0.25) is 0 Å². The van der Waals surface area contributed by atoms with Crippen LogP contribution in [0.5, 0.6) is 0 Å². The quantitative estimate of drug-likeness (QED) is 0.827. The van der Waals surface area contributed by atoms with E-state index in [0.29, 0.717) is 31.6 Å². The topological polar surface area (TPSA) is 101 Å². The van der Waals surface area contributed by atoms with E-state index in [2.05, 4.69) is 0 Å². The third-order valence-corrected chi connectivity index (χ3v) is 6.26. The number of carbonyl (C=O) groups excluding carboxylic acids is 2. The molecule has 1 aliphatic rings. The van der Waals surface area contributed by atoms with Crippen molar-refractivity contribution in [2.24, 2.45) is 11.7 Å². The van der Waals surface area contributed by atoms with Gasteiger partial charge in [-0.3, -0.25) is 13.9 Å². The number of anilines is 1. The first-order chi connectivity index (χ1) is 12.0. The predicted molar refractivity (Wildman–Crippen MR) is 101 cm³/mol. The van der Waals surface area contributed by atoms with Crippen molar-refractivity contribution in [3.63, 3.8) is 0 Å². The Morgan fingerprint density at radius 1 is 1.19 bits per heavy atom. The van der Waals surface area contributed by atoms with Crippen molar-refractivity contribution < 1.29 is 18.0 Å². The third kappa shape index (κ3) is 4.35. The maximum atomic E-state index is 12.9. The fourth-order valence-corrected chi connectivity index (χ4v) is 4.48. The summed E-state index contributed by atoms with van der Waals surface area (Å²) in [7, 11) is -3.64. The molecule has 2 rings (SSSR count). The molecule has 1 saturated heterocycles. The number of aryl methyl sites for hydroxylation is 2. The Morgan fingerprint density at radius 3 is 2.23 bits per heavy atom. The number of benzene rings is 1. The lowest BCUT2D eigenvalue weighted by Crippen LogP contribution is -2.52. The summed E-state index contributed by atoms with van der Waals surface area (Å²) in [5.41, 5.74) is 7.81. The highest BCUT2D eigenvalue weighted by Gasteiger charge is 2.34. The summed E-state index contributed by atoms with van der Waals surface area (Å²) in [6.07, 6.45) is 2.12. The molecule has 26 heavy (non-hydrogen) atoms. The summed E-state index contributed by atoms with van der Waals surface area (Å²) in [6, 6.07) is 4.47. The van der Waals surface area contributed by atoms with Crippen LogP contribution >= 0.6 is 0 Å². The predicted octanol–water partition coefficient (Wildman–Crippen LogP) is 1.18. The third-order valence-electron chi connectivity index (χ3n) is 5.02. The molecule has 1 atom stereocenters. The van der Waals surface area contributed by atoms with Gasteiger partial charge in [0.2, 0.25) is 21.8 Å². The average Bonchev–Trinajstić information content (AvgIpc) is 2.56. The Hall–Kier alpha value is -2.09. The lowest BCUT2D eigenvalue weighted by molar-refractivity contribution is -0.135. The van der Waals surface area contributed by atoms with Gasteiger partial charge in [0.1, 0.15) is 6.04 Å². The van der Waals surface area contributed by atoms with E-state index in [1.54, 1.807) is 24.0 Å². The van der Waals surface area contributed by atoms with Crippen molar-refractivity contribution in [2.45, 2.75) is 39.7 Å². The van der Waals surface area contributed by atoms with E-state index in [-0.39, 0.29) is 17.7 Å². The van der Waals surface area contributed by atoms with Gasteiger partial charge in [0, 0.05) is 19.0 Å². The minimum atomic E-state index is -3.64. The van der Waals surface area contributed by atoms with Crippen LogP contribution in [0.4, 0.5) is 5.69 Å². The highest BCUT2D eigenvalue weighted by molar-refractivity contribution is 7.92. The highest BCUT2D eigenvalue weighted by Crippen LogP contribution is 2.25. The fourth-order valence-electron chi connectivity index (χ4n) is 3.31. The minimum Gasteiger partial charge on any atom is -0.369 e. The molecule has 0 aromatic heterocycles. The molecule has 144 valence electrons. The van der Waals surface area contributed by atoms with Crippen molar-refractivity contribution in [3.8, 4) is 0 Å². The molecule has 1 aromatic rings. The Balaban J connectivity index is 2.24. The van der Waals surface area contributed by atoms with E-state index in [9.17, 15) is 18.0 Å². The number of primary amides is 1. The van der Waals surface area contributed by atoms with Crippen molar-refractivity contribution >= 4 is 27.5 Å². The number of sulfonamides is 1. The molecule has 2 N–H and O–H groups in total. The molecule has 1 aliphatic heterocycles. The van der Waals surface area contributed by atoms with Crippen LogP contribution in [0.1, 0.15) is 30.9 Å². The first-order valence-electron chi connectivity index (χ1n) is 8.67. The first-order valence-corrected chi connectivity index (χ1v) is 10.5. The zero-order valence-electron chi connectivity index (χ0n) is 15.7. The summed E-state index contributed by atoms with van der Waals surface area (Å²) >= 11 is 0. The number of hydrogen-bond donors (Lipinski definition) is 1. The zero-order valence-corrected chi connectivity index (χ0v) is 16.5. The second-order valence-corrected chi connectivity index (χ2v) is 8.86. The largest absolute Gasteiger partial charge is 0.369 e. The van der Waals surface area contributed by atoms with E-state index in [1.165, 1.54) is 4.31 Å². The molecule has 0 radical (unpaired) electrons. The minimum absolute atomic E-state index is 0.222. The molecule has 8 heteroatoms. The lowest BCUT2D eigenvalue weighted by atomic mass is 9.96. The van der Waals surface area contributed by atoms with Crippen molar-refractivity contribution in [1.29, 1.82) is 0 Å². The Morgan fingerprint density at radius 2 is 1.77 bits per heavy atom. The molecule has 1 heterocycles. The van der Waals surface area contributed by atoms with Gasteiger partial charge in [-0.1, -0.05) is 6.07 Å². The van der Waals surface area contributed by atoms with E-state index in [0.717, 1.165) is 17.4 Å². The fraction of sp³-hybridized carbons (Fsp3) is 0.556. The SMILES string of the molecule is Cc1ccc(N([C@@H](C)C(=O)N2CCC(C(N)=O)CC2)S(C)(=O)=O)cc1C. The normalized spacial score (nSPS) is 17.0.